The van der Waals surface area contributed by atoms with Crippen molar-refractivity contribution in [3.05, 3.63) is 42.1 Å². The highest BCUT2D eigenvalue weighted by Gasteiger charge is 2.12. The molecule has 90 valence electrons. The summed E-state index contributed by atoms with van der Waals surface area (Å²) in [5, 5.41) is 11.2. The summed E-state index contributed by atoms with van der Waals surface area (Å²) in [6.07, 6.45) is 1.89. The number of fused-ring (bicyclic) bond motifs is 1. The van der Waals surface area contributed by atoms with E-state index >= 15 is 0 Å². The molecule has 0 aliphatic rings. The lowest BCUT2D eigenvalue weighted by atomic mass is 10.0. The molecule has 0 fully saturated rings. The predicted molar refractivity (Wildman–Crippen MR) is 67.8 cm³/mol. The quantitative estimate of drug-likeness (QED) is 0.879. The van der Waals surface area contributed by atoms with Crippen molar-refractivity contribution in [2.24, 2.45) is 0 Å². The van der Waals surface area contributed by atoms with E-state index in [0.717, 1.165) is 16.5 Å². The van der Waals surface area contributed by atoms with Crippen LogP contribution in [0.5, 0.6) is 0 Å². The van der Waals surface area contributed by atoms with Crippen molar-refractivity contribution in [3.63, 3.8) is 0 Å². The van der Waals surface area contributed by atoms with Crippen LogP contribution in [0.4, 0.5) is 0 Å². The number of hydrogen-bond donors (Lipinski definition) is 1. The molecule has 0 aliphatic carbocycles. The Morgan fingerprint density at radius 3 is 2.94 bits per heavy atom. The Hall–Kier alpha value is -1.45. The maximum atomic E-state index is 10.1. The molecule has 17 heavy (non-hydrogen) atoms. The van der Waals surface area contributed by atoms with Crippen LogP contribution < -0.4 is 0 Å². The lowest BCUT2D eigenvalue weighted by Crippen LogP contribution is -2.10. The number of pyridine rings is 1. The SMILES string of the molecule is COC(C)CC(O)c1ccc2cccnc2c1. The molecule has 0 saturated carbocycles. The summed E-state index contributed by atoms with van der Waals surface area (Å²) in [6.45, 7) is 1.95. The van der Waals surface area contributed by atoms with Crippen LogP contribution in [-0.2, 0) is 4.74 Å². The van der Waals surface area contributed by atoms with Gasteiger partial charge in [0.05, 0.1) is 17.7 Å². The molecule has 2 rings (SSSR count). The van der Waals surface area contributed by atoms with Crippen molar-refractivity contribution in [2.45, 2.75) is 25.6 Å². The maximum Gasteiger partial charge on any atom is 0.0815 e. The molecule has 0 spiro atoms. The second-order valence-electron chi connectivity index (χ2n) is 4.25. The summed E-state index contributed by atoms with van der Waals surface area (Å²) in [6, 6.07) is 9.78. The number of hydrogen-bond acceptors (Lipinski definition) is 3. The van der Waals surface area contributed by atoms with Crippen molar-refractivity contribution in [1.82, 2.24) is 4.98 Å². The minimum absolute atomic E-state index is 0.0458. The normalized spacial score (nSPS) is 14.8. The summed E-state index contributed by atoms with van der Waals surface area (Å²) in [7, 11) is 1.65. The number of aliphatic hydroxyl groups is 1. The van der Waals surface area contributed by atoms with Gasteiger partial charge in [-0.1, -0.05) is 18.2 Å². The van der Waals surface area contributed by atoms with Gasteiger partial charge in [0.15, 0.2) is 0 Å². The van der Waals surface area contributed by atoms with E-state index in [0.29, 0.717) is 6.42 Å². The zero-order valence-electron chi connectivity index (χ0n) is 10.1. The molecule has 2 atom stereocenters. The van der Waals surface area contributed by atoms with Gasteiger partial charge in [-0.2, -0.15) is 0 Å². The van der Waals surface area contributed by atoms with Gasteiger partial charge in [-0.25, -0.2) is 0 Å². The molecule has 0 amide bonds. The second-order valence-corrected chi connectivity index (χ2v) is 4.25. The molecule has 0 aliphatic heterocycles. The first-order valence-electron chi connectivity index (χ1n) is 5.76. The molecule has 1 aromatic carbocycles. The van der Waals surface area contributed by atoms with Gasteiger partial charge in [-0.3, -0.25) is 4.98 Å². The van der Waals surface area contributed by atoms with E-state index in [4.69, 9.17) is 4.74 Å². The number of ether oxygens (including phenoxy) is 1. The first-order chi connectivity index (χ1) is 8.20. The number of rotatable bonds is 4. The summed E-state index contributed by atoms with van der Waals surface area (Å²) >= 11 is 0. The molecule has 2 aromatic rings. The van der Waals surface area contributed by atoms with Crippen molar-refractivity contribution in [1.29, 1.82) is 0 Å². The molecule has 0 radical (unpaired) electrons. The van der Waals surface area contributed by atoms with E-state index in [9.17, 15) is 5.11 Å². The molecule has 3 heteroatoms. The highest BCUT2D eigenvalue weighted by atomic mass is 16.5. The summed E-state index contributed by atoms with van der Waals surface area (Å²) in [5.41, 5.74) is 1.80. The van der Waals surface area contributed by atoms with Crippen LogP contribution in [0.15, 0.2) is 36.5 Å². The van der Waals surface area contributed by atoms with Gasteiger partial charge in [-0.15, -0.1) is 0 Å². The van der Waals surface area contributed by atoms with Crippen molar-refractivity contribution in [2.75, 3.05) is 7.11 Å². The Balaban J connectivity index is 2.23. The number of aliphatic hydroxyl groups excluding tert-OH is 1. The standard InChI is InChI=1S/C14H17NO2/c1-10(17-2)8-14(16)12-6-5-11-4-3-7-15-13(11)9-12/h3-7,9-10,14,16H,8H2,1-2H3. The van der Waals surface area contributed by atoms with Crippen molar-refractivity contribution < 1.29 is 9.84 Å². The smallest absolute Gasteiger partial charge is 0.0815 e. The average molecular weight is 231 g/mol. The topological polar surface area (TPSA) is 42.4 Å². The Morgan fingerprint density at radius 2 is 2.18 bits per heavy atom. The lowest BCUT2D eigenvalue weighted by molar-refractivity contribution is 0.0560. The molecule has 0 saturated heterocycles. The van der Waals surface area contributed by atoms with E-state index in [2.05, 4.69) is 4.98 Å². The zero-order chi connectivity index (χ0) is 12.3. The Kier molecular flexibility index (Phi) is 3.71. The van der Waals surface area contributed by atoms with Crippen LogP contribution in [0, 0.1) is 0 Å². The third-order valence-corrected chi connectivity index (χ3v) is 2.97. The van der Waals surface area contributed by atoms with E-state index in [1.54, 1.807) is 13.3 Å². The Labute approximate surface area is 101 Å². The number of aromatic nitrogens is 1. The largest absolute Gasteiger partial charge is 0.388 e. The Bertz CT molecular complexity index is 498. The zero-order valence-corrected chi connectivity index (χ0v) is 10.1. The first-order valence-corrected chi connectivity index (χ1v) is 5.76. The minimum Gasteiger partial charge on any atom is -0.388 e. The van der Waals surface area contributed by atoms with Crippen LogP contribution in [-0.4, -0.2) is 23.3 Å². The molecule has 1 heterocycles. The molecule has 1 N–H and O–H groups in total. The Morgan fingerprint density at radius 1 is 1.35 bits per heavy atom. The monoisotopic (exact) mass is 231 g/mol. The summed E-state index contributed by atoms with van der Waals surface area (Å²) < 4.78 is 5.15. The maximum absolute atomic E-state index is 10.1. The van der Waals surface area contributed by atoms with Crippen LogP contribution >= 0.6 is 0 Å². The summed E-state index contributed by atoms with van der Waals surface area (Å²) in [5.74, 6) is 0. The van der Waals surface area contributed by atoms with Crippen LogP contribution in [0.25, 0.3) is 10.9 Å². The molecule has 0 bridgehead atoms. The number of benzene rings is 1. The highest BCUT2D eigenvalue weighted by molar-refractivity contribution is 5.78. The molecule has 3 nitrogen and oxygen atoms in total. The van der Waals surface area contributed by atoms with Crippen molar-refractivity contribution >= 4 is 10.9 Å². The van der Waals surface area contributed by atoms with E-state index in [-0.39, 0.29) is 6.10 Å². The third-order valence-electron chi connectivity index (χ3n) is 2.97. The molecule has 1 aromatic heterocycles. The van der Waals surface area contributed by atoms with Gasteiger partial charge in [0, 0.05) is 25.1 Å². The molecular weight excluding hydrogens is 214 g/mol. The summed E-state index contributed by atoms with van der Waals surface area (Å²) in [4.78, 5) is 4.28. The van der Waals surface area contributed by atoms with Crippen LogP contribution in [0.1, 0.15) is 25.0 Å². The van der Waals surface area contributed by atoms with E-state index < -0.39 is 6.10 Å². The molecular formula is C14H17NO2. The van der Waals surface area contributed by atoms with Crippen LogP contribution in [0.2, 0.25) is 0 Å². The van der Waals surface area contributed by atoms with Gasteiger partial charge in [0.25, 0.3) is 0 Å². The van der Waals surface area contributed by atoms with Crippen molar-refractivity contribution in [3.8, 4) is 0 Å². The fourth-order valence-corrected chi connectivity index (χ4v) is 1.84. The van der Waals surface area contributed by atoms with Crippen LogP contribution in [0.3, 0.4) is 0 Å². The molecule has 2 unspecified atom stereocenters. The van der Waals surface area contributed by atoms with Gasteiger partial charge < -0.3 is 9.84 Å². The van der Waals surface area contributed by atoms with E-state index in [1.807, 2.05) is 37.3 Å². The second kappa shape index (κ2) is 5.25. The highest BCUT2D eigenvalue weighted by Crippen LogP contribution is 2.22. The lowest BCUT2D eigenvalue weighted by Gasteiger charge is -2.15. The average Bonchev–Trinajstić information content (AvgIpc) is 2.38. The fourth-order valence-electron chi connectivity index (χ4n) is 1.84. The van der Waals surface area contributed by atoms with Gasteiger partial charge in [0.1, 0.15) is 0 Å². The van der Waals surface area contributed by atoms with Gasteiger partial charge >= 0.3 is 0 Å². The third kappa shape index (κ3) is 2.81. The van der Waals surface area contributed by atoms with Gasteiger partial charge in [-0.05, 0) is 24.6 Å². The first kappa shape index (κ1) is 12.0. The fraction of sp³-hybridized carbons (Fsp3) is 0.357. The predicted octanol–water partition coefficient (Wildman–Crippen LogP) is 2.69. The minimum atomic E-state index is -0.503. The number of nitrogens with zero attached hydrogens (tertiary/aromatic N) is 1. The van der Waals surface area contributed by atoms with Gasteiger partial charge in [0.2, 0.25) is 0 Å². The van der Waals surface area contributed by atoms with E-state index in [1.165, 1.54) is 0 Å². The number of methoxy groups -OCH3 is 1.